The molecule has 0 spiro atoms. The minimum absolute atomic E-state index is 0.119. The van der Waals surface area contributed by atoms with Crippen LogP contribution in [0.2, 0.25) is 0 Å². The summed E-state index contributed by atoms with van der Waals surface area (Å²) < 4.78 is 16.1. The highest BCUT2D eigenvalue weighted by molar-refractivity contribution is 4.88. The Morgan fingerprint density at radius 2 is 2.05 bits per heavy atom. The Balaban J connectivity index is 1.90. The highest BCUT2D eigenvalue weighted by atomic mass is 16.7. The van der Waals surface area contributed by atoms with Crippen molar-refractivity contribution in [2.45, 2.75) is 49.6 Å². The molecule has 0 saturated carbocycles. The van der Waals surface area contributed by atoms with Crippen molar-refractivity contribution in [1.82, 2.24) is 0 Å². The number of rotatable bonds is 4. The van der Waals surface area contributed by atoms with Crippen LogP contribution in [0, 0.1) is 4.91 Å². The predicted octanol–water partition coefficient (Wildman–Crippen LogP) is -1.24. The second-order valence-corrected chi connectivity index (χ2v) is 4.87. The van der Waals surface area contributed by atoms with Crippen molar-refractivity contribution in [3.8, 4) is 0 Å². The van der Waals surface area contributed by atoms with Crippen LogP contribution in [0.5, 0.6) is 0 Å². The maximum absolute atomic E-state index is 10.7. The van der Waals surface area contributed by atoms with E-state index in [0.717, 1.165) is 0 Å². The average molecular weight is 277 g/mol. The molecule has 2 saturated heterocycles. The second kappa shape index (κ2) is 6.69. The van der Waals surface area contributed by atoms with Gasteiger partial charge in [0.25, 0.3) is 0 Å². The van der Waals surface area contributed by atoms with Crippen LogP contribution < -0.4 is 0 Å². The molecule has 2 rings (SSSR count). The second-order valence-electron chi connectivity index (χ2n) is 4.87. The van der Waals surface area contributed by atoms with Crippen molar-refractivity contribution in [1.29, 1.82) is 0 Å². The molecule has 110 valence electrons. The third kappa shape index (κ3) is 3.68. The van der Waals surface area contributed by atoms with E-state index in [1.54, 1.807) is 0 Å². The molecule has 0 radical (unpaired) electrons. The number of nitroso groups, excluding NO2 is 1. The number of aliphatic hydroxyl groups excluding tert-OH is 3. The van der Waals surface area contributed by atoms with Gasteiger partial charge in [0.15, 0.2) is 6.29 Å². The van der Waals surface area contributed by atoms with E-state index in [4.69, 9.17) is 19.3 Å². The van der Waals surface area contributed by atoms with E-state index >= 15 is 0 Å². The van der Waals surface area contributed by atoms with Crippen LogP contribution in [0.15, 0.2) is 5.18 Å². The lowest BCUT2D eigenvalue weighted by molar-refractivity contribution is -0.262. The largest absolute Gasteiger partial charge is 0.394 e. The Morgan fingerprint density at radius 3 is 2.68 bits per heavy atom. The molecule has 0 unspecified atom stereocenters. The average Bonchev–Trinajstić information content (AvgIpc) is 2.40. The van der Waals surface area contributed by atoms with Gasteiger partial charge in [0, 0.05) is 12.8 Å². The monoisotopic (exact) mass is 277 g/mol. The van der Waals surface area contributed by atoms with Gasteiger partial charge in [0.1, 0.15) is 18.2 Å². The van der Waals surface area contributed by atoms with Crippen LogP contribution in [-0.4, -0.2) is 71.9 Å². The molecule has 2 aliphatic heterocycles. The van der Waals surface area contributed by atoms with Gasteiger partial charge in [-0.2, -0.15) is 4.91 Å². The van der Waals surface area contributed by atoms with Crippen LogP contribution in [0.1, 0.15) is 12.8 Å². The van der Waals surface area contributed by atoms with E-state index in [1.165, 1.54) is 0 Å². The molecule has 0 aliphatic carbocycles. The summed E-state index contributed by atoms with van der Waals surface area (Å²) in [7, 11) is 0. The third-order valence-electron chi connectivity index (χ3n) is 3.34. The van der Waals surface area contributed by atoms with Crippen molar-refractivity contribution in [2.24, 2.45) is 5.18 Å². The molecular formula is C11H19NO7. The lowest BCUT2D eigenvalue weighted by Crippen LogP contribution is -2.51. The minimum atomic E-state index is -1.13. The molecule has 0 bridgehead atoms. The Labute approximate surface area is 110 Å². The van der Waals surface area contributed by atoms with Crippen molar-refractivity contribution < 1.29 is 29.5 Å². The van der Waals surface area contributed by atoms with Crippen LogP contribution >= 0.6 is 0 Å². The molecule has 3 N–H and O–H groups in total. The molecule has 0 aromatic rings. The molecular weight excluding hydrogens is 258 g/mol. The maximum atomic E-state index is 10.7. The molecule has 2 fully saturated rings. The summed E-state index contributed by atoms with van der Waals surface area (Å²) in [5.41, 5.74) is 0. The molecule has 2 aliphatic rings. The molecule has 8 heteroatoms. The van der Waals surface area contributed by atoms with Crippen LogP contribution in [-0.2, 0) is 14.2 Å². The molecule has 0 aromatic heterocycles. The normalized spacial score (nSPS) is 43.9. The standard InChI is InChI=1S/C11H19NO7/c13-3-9-11(15)8(12-16)2-10(19-9)18-7-1-6(14)4-17-5-7/h6-11,13-15H,1-5H2/t6-,7+,8-,9-,10-,11+/m0/s1. The van der Waals surface area contributed by atoms with Crippen molar-refractivity contribution in [3.05, 3.63) is 4.91 Å². The lowest BCUT2D eigenvalue weighted by atomic mass is 10.00. The van der Waals surface area contributed by atoms with E-state index in [2.05, 4.69) is 5.18 Å². The summed E-state index contributed by atoms with van der Waals surface area (Å²) in [5.74, 6) is 0. The Bertz CT molecular complexity index is 303. The maximum Gasteiger partial charge on any atom is 0.160 e. The smallest absolute Gasteiger partial charge is 0.160 e. The van der Waals surface area contributed by atoms with Gasteiger partial charge in [-0.15, -0.1) is 0 Å². The van der Waals surface area contributed by atoms with Gasteiger partial charge >= 0.3 is 0 Å². The number of hydrogen-bond donors (Lipinski definition) is 3. The molecule has 2 heterocycles. The highest BCUT2D eigenvalue weighted by Crippen LogP contribution is 2.25. The first-order chi connectivity index (χ1) is 9.13. The Morgan fingerprint density at radius 1 is 1.26 bits per heavy atom. The quantitative estimate of drug-likeness (QED) is 0.550. The Hall–Kier alpha value is -0.640. The first-order valence-corrected chi connectivity index (χ1v) is 6.32. The number of nitrogens with zero attached hydrogens (tertiary/aromatic N) is 1. The zero-order chi connectivity index (χ0) is 13.8. The van der Waals surface area contributed by atoms with Gasteiger partial charge in [-0.05, 0) is 0 Å². The predicted molar refractivity (Wildman–Crippen MR) is 62.3 cm³/mol. The summed E-state index contributed by atoms with van der Waals surface area (Å²) in [6, 6.07) is -0.870. The first-order valence-electron chi connectivity index (χ1n) is 6.32. The summed E-state index contributed by atoms with van der Waals surface area (Å²) in [4.78, 5) is 10.7. The van der Waals surface area contributed by atoms with Gasteiger partial charge in [-0.1, -0.05) is 5.18 Å². The fourth-order valence-corrected chi connectivity index (χ4v) is 2.34. The third-order valence-corrected chi connectivity index (χ3v) is 3.34. The topological polar surface area (TPSA) is 118 Å². The van der Waals surface area contributed by atoms with E-state index in [0.29, 0.717) is 13.0 Å². The van der Waals surface area contributed by atoms with Gasteiger partial charge in [0.2, 0.25) is 0 Å². The molecule has 0 amide bonds. The molecule has 6 atom stereocenters. The summed E-state index contributed by atoms with van der Waals surface area (Å²) in [5, 5.41) is 31.1. The summed E-state index contributed by atoms with van der Waals surface area (Å²) in [6.07, 6.45) is -3.15. The zero-order valence-corrected chi connectivity index (χ0v) is 10.4. The summed E-state index contributed by atoms with van der Waals surface area (Å²) >= 11 is 0. The van der Waals surface area contributed by atoms with Crippen LogP contribution in [0.3, 0.4) is 0 Å². The number of aliphatic hydroxyl groups is 3. The minimum Gasteiger partial charge on any atom is -0.394 e. The van der Waals surface area contributed by atoms with E-state index in [-0.39, 0.29) is 19.1 Å². The van der Waals surface area contributed by atoms with Crippen molar-refractivity contribution in [2.75, 3.05) is 19.8 Å². The molecule has 8 nitrogen and oxygen atoms in total. The fourth-order valence-electron chi connectivity index (χ4n) is 2.34. The van der Waals surface area contributed by atoms with Gasteiger partial charge in [-0.25, -0.2) is 0 Å². The fraction of sp³-hybridized carbons (Fsp3) is 1.00. The zero-order valence-electron chi connectivity index (χ0n) is 10.4. The summed E-state index contributed by atoms with van der Waals surface area (Å²) in [6.45, 7) is 0.196. The molecule has 19 heavy (non-hydrogen) atoms. The van der Waals surface area contributed by atoms with Crippen molar-refractivity contribution >= 4 is 0 Å². The number of ether oxygens (including phenoxy) is 3. The van der Waals surface area contributed by atoms with Gasteiger partial charge < -0.3 is 29.5 Å². The first kappa shape index (κ1) is 14.8. The van der Waals surface area contributed by atoms with E-state index < -0.39 is 37.3 Å². The van der Waals surface area contributed by atoms with Crippen molar-refractivity contribution in [3.63, 3.8) is 0 Å². The van der Waals surface area contributed by atoms with Gasteiger partial charge in [-0.3, -0.25) is 0 Å². The molecule has 0 aromatic carbocycles. The Kier molecular flexibility index (Phi) is 5.20. The number of hydrogen-bond acceptors (Lipinski definition) is 8. The van der Waals surface area contributed by atoms with Crippen LogP contribution in [0.4, 0.5) is 0 Å². The highest BCUT2D eigenvalue weighted by Gasteiger charge is 2.40. The van der Waals surface area contributed by atoms with Gasteiger partial charge in [0.05, 0.1) is 32.0 Å². The SMILES string of the molecule is O=N[C@H]1C[C@@H](O[C@H]2COC[C@@H](O)C2)O[C@@H](CO)[C@@H]1O. The van der Waals surface area contributed by atoms with Crippen LogP contribution in [0.25, 0.3) is 0 Å². The van der Waals surface area contributed by atoms with E-state index in [1.807, 2.05) is 0 Å². The van der Waals surface area contributed by atoms with E-state index in [9.17, 15) is 15.1 Å². The lowest BCUT2D eigenvalue weighted by Gasteiger charge is -2.38.